The summed E-state index contributed by atoms with van der Waals surface area (Å²) in [6, 6.07) is 0.677. The minimum Gasteiger partial charge on any atom is -0.315 e. The number of piperazine rings is 1. The molecule has 4 heteroatoms. The zero-order valence-corrected chi connectivity index (χ0v) is 12.1. The second-order valence-corrected chi connectivity index (χ2v) is 6.08. The molecule has 1 unspecified atom stereocenters. The van der Waals surface area contributed by atoms with Crippen molar-refractivity contribution in [2.75, 3.05) is 59.9 Å². The van der Waals surface area contributed by atoms with E-state index in [9.17, 15) is 0 Å². The smallest absolute Gasteiger partial charge is 0.0342 e. The van der Waals surface area contributed by atoms with Gasteiger partial charge in [0.1, 0.15) is 0 Å². The number of nitrogens with one attached hydrogen (secondary N) is 2. The number of hydrogen-bond donors (Lipinski definition) is 2. The van der Waals surface area contributed by atoms with E-state index in [0.29, 0.717) is 6.04 Å². The minimum absolute atomic E-state index is 0.677. The van der Waals surface area contributed by atoms with Gasteiger partial charge in [-0.1, -0.05) is 0 Å². The van der Waals surface area contributed by atoms with E-state index in [2.05, 4.69) is 34.5 Å². The minimum atomic E-state index is 0.677. The van der Waals surface area contributed by atoms with Gasteiger partial charge in [-0.2, -0.15) is 0 Å². The molecule has 2 aliphatic rings. The van der Waals surface area contributed by atoms with Gasteiger partial charge in [0.2, 0.25) is 0 Å². The van der Waals surface area contributed by atoms with Crippen LogP contribution in [0.5, 0.6) is 0 Å². The van der Waals surface area contributed by atoms with Crippen molar-refractivity contribution < 1.29 is 0 Å². The third-order valence-electron chi connectivity index (χ3n) is 4.59. The first-order valence-corrected chi connectivity index (χ1v) is 7.56. The summed E-state index contributed by atoms with van der Waals surface area (Å²) in [7, 11) is 4.48. The molecule has 2 fully saturated rings. The Morgan fingerprint density at radius 2 is 1.94 bits per heavy atom. The molecule has 2 heterocycles. The summed E-state index contributed by atoms with van der Waals surface area (Å²) in [6.45, 7) is 8.37. The normalized spacial score (nSPS) is 28.7. The van der Waals surface area contributed by atoms with Crippen LogP contribution in [-0.4, -0.2) is 75.8 Å². The zero-order chi connectivity index (χ0) is 12.8. The summed E-state index contributed by atoms with van der Waals surface area (Å²) in [5, 5.41) is 7.12. The Balaban J connectivity index is 1.53. The average molecular weight is 254 g/mol. The maximum atomic E-state index is 3.65. The van der Waals surface area contributed by atoms with Crippen LogP contribution < -0.4 is 10.6 Å². The van der Waals surface area contributed by atoms with Gasteiger partial charge in [-0.15, -0.1) is 0 Å². The summed E-state index contributed by atoms with van der Waals surface area (Å²) in [4.78, 5) is 4.92. The van der Waals surface area contributed by atoms with Gasteiger partial charge in [-0.3, -0.25) is 4.90 Å². The molecule has 0 aromatic carbocycles. The Bertz CT molecular complexity index is 226. The van der Waals surface area contributed by atoms with Crippen molar-refractivity contribution in [1.29, 1.82) is 0 Å². The molecule has 2 aliphatic heterocycles. The molecule has 0 aliphatic carbocycles. The summed E-state index contributed by atoms with van der Waals surface area (Å²) in [5.41, 5.74) is 0. The van der Waals surface area contributed by atoms with Gasteiger partial charge in [0.15, 0.2) is 0 Å². The maximum absolute atomic E-state index is 3.65. The van der Waals surface area contributed by atoms with E-state index < -0.39 is 0 Å². The lowest BCUT2D eigenvalue weighted by molar-refractivity contribution is 0.190. The van der Waals surface area contributed by atoms with Crippen molar-refractivity contribution in [1.82, 2.24) is 20.4 Å². The van der Waals surface area contributed by atoms with Crippen molar-refractivity contribution in [3.63, 3.8) is 0 Å². The third kappa shape index (κ3) is 4.50. The lowest BCUT2D eigenvalue weighted by Gasteiger charge is -2.33. The van der Waals surface area contributed by atoms with Crippen LogP contribution in [0.4, 0.5) is 0 Å². The van der Waals surface area contributed by atoms with E-state index in [4.69, 9.17) is 0 Å². The number of piperidine rings is 1. The fraction of sp³-hybridized carbons (Fsp3) is 1.00. The molecule has 2 N–H and O–H groups in total. The lowest BCUT2D eigenvalue weighted by Crippen LogP contribution is -2.53. The Morgan fingerprint density at radius 3 is 2.67 bits per heavy atom. The predicted octanol–water partition coefficient (Wildman–Crippen LogP) is 0.212. The number of likely N-dealkylation sites (N-methyl/N-ethyl adjacent to an activating group) is 1. The van der Waals surface area contributed by atoms with Crippen LogP contribution in [0.2, 0.25) is 0 Å². The summed E-state index contributed by atoms with van der Waals surface area (Å²) >= 11 is 0. The highest BCUT2D eigenvalue weighted by molar-refractivity contribution is 4.79. The molecule has 0 saturated carbocycles. The molecule has 0 aromatic heterocycles. The van der Waals surface area contributed by atoms with Crippen LogP contribution >= 0.6 is 0 Å². The number of rotatable bonds is 5. The monoisotopic (exact) mass is 254 g/mol. The Morgan fingerprint density at radius 1 is 1.17 bits per heavy atom. The van der Waals surface area contributed by atoms with Gasteiger partial charge < -0.3 is 15.5 Å². The number of hydrogen-bond acceptors (Lipinski definition) is 4. The molecular weight excluding hydrogens is 224 g/mol. The van der Waals surface area contributed by atoms with Crippen molar-refractivity contribution in [2.24, 2.45) is 5.92 Å². The second-order valence-electron chi connectivity index (χ2n) is 6.08. The Labute approximate surface area is 112 Å². The first kappa shape index (κ1) is 14.3. The first-order chi connectivity index (χ1) is 8.75. The van der Waals surface area contributed by atoms with E-state index in [1.165, 1.54) is 45.4 Å². The fourth-order valence-corrected chi connectivity index (χ4v) is 3.02. The Kier molecular flexibility index (Phi) is 5.89. The van der Waals surface area contributed by atoms with E-state index in [1.54, 1.807) is 0 Å². The van der Waals surface area contributed by atoms with Crippen LogP contribution in [0, 0.1) is 5.92 Å². The average Bonchev–Trinajstić information content (AvgIpc) is 2.39. The molecular formula is C14H30N4. The predicted molar refractivity (Wildman–Crippen MR) is 77.0 cm³/mol. The van der Waals surface area contributed by atoms with Crippen LogP contribution in [0.1, 0.15) is 19.3 Å². The van der Waals surface area contributed by atoms with Gasteiger partial charge in [0.05, 0.1) is 0 Å². The molecule has 0 spiro atoms. The standard InChI is InChI=1S/C14H30N4/c1-17-8-4-13(5-9-17)3-6-15-11-14-12-16-7-10-18(14)2/h13-16H,3-12H2,1-2H3. The molecule has 106 valence electrons. The number of likely N-dealkylation sites (tertiary alicyclic amines) is 1. The maximum Gasteiger partial charge on any atom is 0.0342 e. The lowest BCUT2D eigenvalue weighted by atomic mass is 9.94. The van der Waals surface area contributed by atoms with Gasteiger partial charge in [-0.05, 0) is 58.9 Å². The van der Waals surface area contributed by atoms with Gasteiger partial charge in [0, 0.05) is 32.2 Å². The van der Waals surface area contributed by atoms with E-state index in [1.807, 2.05) is 0 Å². The van der Waals surface area contributed by atoms with Crippen molar-refractivity contribution in [3.8, 4) is 0 Å². The SMILES string of the molecule is CN1CCC(CCNCC2CNCCN2C)CC1. The molecule has 0 aromatic rings. The van der Waals surface area contributed by atoms with Crippen molar-refractivity contribution >= 4 is 0 Å². The third-order valence-corrected chi connectivity index (χ3v) is 4.59. The van der Waals surface area contributed by atoms with Crippen molar-refractivity contribution in [2.45, 2.75) is 25.3 Å². The zero-order valence-electron chi connectivity index (χ0n) is 12.1. The van der Waals surface area contributed by atoms with Crippen LogP contribution in [-0.2, 0) is 0 Å². The van der Waals surface area contributed by atoms with Gasteiger partial charge in [0.25, 0.3) is 0 Å². The quantitative estimate of drug-likeness (QED) is 0.687. The topological polar surface area (TPSA) is 30.5 Å². The summed E-state index contributed by atoms with van der Waals surface area (Å²) in [5.74, 6) is 0.955. The van der Waals surface area contributed by atoms with E-state index in [-0.39, 0.29) is 0 Å². The largest absolute Gasteiger partial charge is 0.315 e. The molecule has 0 amide bonds. The fourth-order valence-electron chi connectivity index (χ4n) is 3.02. The molecule has 2 saturated heterocycles. The molecule has 1 atom stereocenters. The highest BCUT2D eigenvalue weighted by Gasteiger charge is 2.19. The van der Waals surface area contributed by atoms with E-state index >= 15 is 0 Å². The molecule has 0 radical (unpaired) electrons. The van der Waals surface area contributed by atoms with Gasteiger partial charge >= 0.3 is 0 Å². The summed E-state index contributed by atoms with van der Waals surface area (Å²) < 4.78 is 0. The highest BCUT2D eigenvalue weighted by Crippen LogP contribution is 2.18. The number of nitrogens with zero attached hydrogens (tertiary/aromatic N) is 2. The Hall–Kier alpha value is -0.160. The molecule has 0 bridgehead atoms. The molecule has 4 nitrogen and oxygen atoms in total. The first-order valence-electron chi connectivity index (χ1n) is 7.56. The van der Waals surface area contributed by atoms with Crippen LogP contribution in [0.25, 0.3) is 0 Å². The van der Waals surface area contributed by atoms with Crippen LogP contribution in [0.15, 0.2) is 0 Å². The molecule has 18 heavy (non-hydrogen) atoms. The summed E-state index contributed by atoms with van der Waals surface area (Å²) in [6.07, 6.45) is 4.14. The van der Waals surface area contributed by atoms with E-state index in [0.717, 1.165) is 25.6 Å². The van der Waals surface area contributed by atoms with Gasteiger partial charge in [-0.25, -0.2) is 0 Å². The van der Waals surface area contributed by atoms with Crippen LogP contribution in [0.3, 0.4) is 0 Å². The highest BCUT2D eigenvalue weighted by atomic mass is 15.2. The second kappa shape index (κ2) is 7.43. The molecule has 2 rings (SSSR count). The van der Waals surface area contributed by atoms with Crippen molar-refractivity contribution in [3.05, 3.63) is 0 Å².